The first-order valence-electron chi connectivity index (χ1n) is 6.58. The molecular formula is C14H20ClNOS. The summed E-state index contributed by atoms with van der Waals surface area (Å²) in [6.45, 7) is 0.721. The van der Waals surface area contributed by atoms with Gasteiger partial charge in [0.25, 0.3) is 0 Å². The summed E-state index contributed by atoms with van der Waals surface area (Å²) in [6, 6.07) is 1.82. The van der Waals surface area contributed by atoms with Crippen molar-refractivity contribution >= 4 is 24.2 Å². The summed E-state index contributed by atoms with van der Waals surface area (Å²) < 4.78 is 5.88. The van der Waals surface area contributed by atoms with Crippen LogP contribution in [0.3, 0.4) is 0 Å². The predicted molar refractivity (Wildman–Crippen MR) is 78.7 cm³/mol. The van der Waals surface area contributed by atoms with Crippen molar-refractivity contribution in [2.24, 2.45) is 5.41 Å². The average Bonchev–Trinajstić information content (AvgIpc) is 2.63. The fourth-order valence-electron chi connectivity index (χ4n) is 2.53. The van der Waals surface area contributed by atoms with E-state index in [0.29, 0.717) is 5.02 Å². The second kappa shape index (κ2) is 6.67. The second-order valence-corrected chi connectivity index (χ2v) is 5.95. The van der Waals surface area contributed by atoms with Crippen LogP contribution < -0.4 is 4.74 Å². The minimum Gasteiger partial charge on any atom is -0.491 e. The molecule has 1 heterocycles. The fourth-order valence-corrected chi connectivity index (χ4v) is 3.11. The van der Waals surface area contributed by atoms with Gasteiger partial charge in [0.2, 0.25) is 0 Å². The van der Waals surface area contributed by atoms with E-state index in [0.717, 1.165) is 18.1 Å². The van der Waals surface area contributed by atoms with Crippen LogP contribution in [0.15, 0.2) is 18.5 Å². The summed E-state index contributed by atoms with van der Waals surface area (Å²) in [6.07, 6.45) is 11.0. The first kappa shape index (κ1) is 14.0. The fraction of sp³-hybridized carbons (Fsp3) is 0.643. The Morgan fingerprint density at radius 3 is 2.56 bits per heavy atom. The van der Waals surface area contributed by atoms with Gasteiger partial charge in [-0.2, -0.15) is 12.6 Å². The van der Waals surface area contributed by atoms with E-state index in [4.69, 9.17) is 16.3 Å². The number of halogens is 1. The van der Waals surface area contributed by atoms with Crippen LogP contribution in [0.5, 0.6) is 5.75 Å². The maximum Gasteiger partial charge on any atom is 0.139 e. The minimum absolute atomic E-state index is 0.224. The number of rotatable bonds is 4. The largest absolute Gasteiger partial charge is 0.491 e. The summed E-state index contributed by atoms with van der Waals surface area (Å²) in [5.74, 6) is 1.65. The van der Waals surface area contributed by atoms with Crippen LogP contribution in [-0.2, 0) is 0 Å². The summed E-state index contributed by atoms with van der Waals surface area (Å²) in [4.78, 5) is 4.04. The molecule has 0 N–H and O–H groups in total. The van der Waals surface area contributed by atoms with Gasteiger partial charge in [0.15, 0.2) is 0 Å². The molecule has 2 nitrogen and oxygen atoms in total. The van der Waals surface area contributed by atoms with Crippen molar-refractivity contribution in [2.75, 3.05) is 12.4 Å². The highest BCUT2D eigenvalue weighted by atomic mass is 35.5. The molecule has 0 saturated heterocycles. The molecule has 0 bridgehead atoms. The van der Waals surface area contributed by atoms with Crippen molar-refractivity contribution in [3.63, 3.8) is 0 Å². The molecule has 100 valence electrons. The Bertz CT molecular complexity index is 378. The predicted octanol–water partition coefficient (Wildman–Crippen LogP) is 4.38. The number of nitrogens with zero attached hydrogens (tertiary/aromatic N) is 1. The van der Waals surface area contributed by atoms with Gasteiger partial charge in [-0.1, -0.05) is 37.3 Å². The van der Waals surface area contributed by atoms with Crippen molar-refractivity contribution in [3.8, 4) is 5.75 Å². The van der Waals surface area contributed by atoms with Gasteiger partial charge < -0.3 is 4.74 Å². The number of aromatic nitrogens is 1. The van der Waals surface area contributed by atoms with Crippen molar-refractivity contribution in [3.05, 3.63) is 23.5 Å². The number of hydrogen-bond acceptors (Lipinski definition) is 3. The number of hydrogen-bond donors (Lipinski definition) is 1. The highest BCUT2D eigenvalue weighted by Crippen LogP contribution is 2.36. The van der Waals surface area contributed by atoms with Gasteiger partial charge >= 0.3 is 0 Å². The third-order valence-corrected chi connectivity index (χ3v) is 4.60. The van der Waals surface area contributed by atoms with E-state index in [1.165, 1.54) is 38.5 Å². The summed E-state index contributed by atoms with van der Waals surface area (Å²) >= 11 is 10.4. The zero-order valence-corrected chi connectivity index (χ0v) is 12.2. The molecule has 1 aromatic rings. The third-order valence-electron chi connectivity index (χ3n) is 3.72. The molecule has 2 rings (SSSR count). The Balaban J connectivity index is 1.97. The van der Waals surface area contributed by atoms with Crippen molar-refractivity contribution < 1.29 is 4.74 Å². The molecule has 0 unspecified atom stereocenters. The Morgan fingerprint density at radius 2 is 1.94 bits per heavy atom. The molecular weight excluding hydrogens is 266 g/mol. The lowest BCUT2D eigenvalue weighted by molar-refractivity contribution is 0.148. The van der Waals surface area contributed by atoms with Gasteiger partial charge in [0, 0.05) is 17.7 Å². The Hall–Kier alpha value is -0.410. The highest BCUT2D eigenvalue weighted by molar-refractivity contribution is 7.80. The molecule has 1 aliphatic rings. The van der Waals surface area contributed by atoms with E-state index in [1.54, 1.807) is 12.4 Å². The van der Waals surface area contributed by atoms with Gasteiger partial charge in [-0.15, -0.1) is 0 Å². The van der Waals surface area contributed by atoms with Gasteiger partial charge in [-0.3, -0.25) is 4.98 Å². The van der Waals surface area contributed by atoms with Crippen LogP contribution in [0.25, 0.3) is 0 Å². The SMILES string of the molecule is SCC1(COc2cncc(Cl)c2)CCCCCC1. The highest BCUT2D eigenvalue weighted by Gasteiger charge is 2.30. The molecule has 0 atom stereocenters. The molecule has 18 heavy (non-hydrogen) atoms. The molecule has 1 aliphatic carbocycles. The smallest absolute Gasteiger partial charge is 0.139 e. The van der Waals surface area contributed by atoms with Crippen LogP contribution in [0.2, 0.25) is 5.02 Å². The van der Waals surface area contributed by atoms with Crippen LogP contribution in [0.1, 0.15) is 38.5 Å². The number of thiol groups is 1. The first-order valence-corrected chi connectivity index (χ1v) is 7.59. The minimum atomic E-state index is 0.224. The van der Waals surface area contributed by atoms with Crippen LogP contribution in [-0.4, -0.2) is 17.3 Å². The maximum atomic E-state index is 5.90. The lowest BCUT2D eigenvalue weighted by atomic mass is 9.83. The van der Waals surface area contributed by atoms with Gasteiger partial charge in [0.1, 0.15) is 5.75 Å². The first-order chi connectivity index (χ1) is 8.74. The molecule has 4 heteroatoms. The number of pyridine rings is 1. The summed E-state index contributed by atoms with van der Waals surface area (Å²) in [7, 11) is 0. The molecule has 0 amide bonds. The topological polar surface area (TPSA) is 22.1 Å². The zero-order valence-electron chi connectivity index (χ0n) is 10.6. The Labute approximate surface area is 120 Å². The van der Waals surface area contributed by atoms with Crippen molar-refractivity contribution in [2.45, 2.75) is 38.5 Å². The van der Waals surface area contributed by atoms with Crippen molar-refractivity contribution in [1.82, 2.24) is 4.98 Å². The molecule has 1 saturated carbocycles. The van der Waals surface area contributed by atoms with Crippen LogP contribution in [0.4, 0.5) is 0 Å². The molecule has 0 aliphatic heterocycles. The maximum absolute atomic E-state index is 5.90. The van der Waals surface area contributed by atoms with Gasteiger partial charge in [0.05, 0.1) is 17.8 Å². The third kappa shape index (κ3) is 3.79. The van der Waals surface area contributed by atoms with E-state index < -0.39 is 0 Å². The lowest BCUT2D eigenvalue weighted by Crippen LogP contribution is -2.30. The molecule has 0 spiro atoms. The molecule has 1 aromatic heterocycles. The van der Waals surface area contributed by atoms with E-state index >= 15 is 0 Å². The molecule has 0 radical (unpaired) electrons. The van der Waals surface area contributed by atoms with Gasteiger partial charge in [-0.25, -0.2) is 0 Å². The summed E-state index contributed by atoms with van der Waals surface area (Å²) in [5, 5.41) is 0.619. The van der Waals surface area contributed by atoms with E-state index in [2.05, 4.69) is 17.6 Å². The monoisotopic (exact) mass is 285 g/mol. The lowest BCUT2D eigenvalue weighted by Gasteiger charge is -2.30. The van der Waals surface area contributed by atoms with Gasteiger partial charge in [-0.05, 0) is 18.6 Å². The van der Waals surface area contributed by atoms with E-state index in [-0.39, 0.29) is 5.41 Å². The average molecular weight is 286 g/mol. The van der Waals surface area contributed by atoms with E-state index in [1.807, 2.05) is 6.07 Å². The van der Waals surface area contributed by atoms with E-state index in [9.17, 15) is 0 Å². The Kier molecular flexibility index (Phi) is 5.19. The summed E-state index contributed by atoms with van der Waals surface area (Å²) in [5.41, 5.74) is 0.224. The quantitative estimate of drug-likeness (QED) is 0.655. The standard InChI is InChI=1S/C14H20ClNOS/c15-12-7-13(9-16-8-12)17-10-14(11-18)5-3-1-2-4-6-14/h7-9,18H,1-6,10-11H2. The van der Waals surface area contributed by atoms with Crippen molar-refractivity contribution in [1.29, 1.82) is 0 Å². The number of ether oxygens (including phenoxy) is 1. The molecule has 0 aromatic carbocycles. The van der Waals surface area contributed by atoms with Crippen LogP contribution >= 0.6 is 24.2 Å². The second-order valence-electron chi connectivity index (χ2n) is 5.20. The zero-order chi connectivity index (χ0) is 12.8. The normalized spacial score (nSPS) is 19.2. The Morgan fingerprint density at radius 1 is 1.22 bits per heavy atom. The molecule has 1 fully saturated rings. The van der Waals surface area contributed by atoms with Crippen LogP contribution in [0, 0.1) is 5.41 Å².